The molecular formula is C13H21N3O2S. The molecule has 0 amide bonds. The van der Waals surface area contributed by atoms with Crippen LogP contribution in [-0.4, -0.2) is 14.5 Å². The monoisotopic (exact) mass is 283 g/mol. The van der Waals surface area contributed by atoms with E-state index < -0.39 is 10.0 Å². The van der Waals surface area contributed by atoms with Crippen molar-refractivity contribution in [2.75, 3.05) is 5.43 Å². The Morgan fingerprint density at radius 1 is 1.00 bits per heavy atom. The van der Waals surface area contributed by atoms with Crippen molar-refractivity contribution in [3.8, 4) is 0 Å². The number of benzene rings is 1. The molecule has 1 aromatic carbocycles. The second-order valence-electron chi connectivity index (χ2n) is 4.98. The molecule has 0 atom stereocenters. The topological polar surface area (TPSA) is 84.2 Å². The first-order valence-electron chi connectivity index (χ1n) is 6.71. The molecule has 0 spiro atoms. The molecule has 1 saturated carbocycles. The summed E-state index contributed by atoms with van der Waals surface area (Å²) in [6, 6.07) is 6.51. The van der Waals surface area contributed by atoms with Crippen molar-refractivity contribution in [2.45, 2.75) is 49.5 Å². The lowest BCUT2D eigenvalue weighted by Gasteiger charge is -2.16. The number of hydrogen-bond acceptors (Lipinski definition) is 4. The van der Waals surface area contributed by atoms with Crippen molar-refractivity contribution >= 4 is 15.7 Å². The van der Waals surface area contributed by atoms with Gasteiger partial charge in [-0.05, 0) is 37.1 Å². The zero-order valence-corrected chi connectivity index (χ0v) is 11.7. The SMILES string of the molecule is NNc1ccc(S(=O)(=O)NC2CCCCCC2)cc1. The predicted octanol–water partition coefficient (Wildman–Crippen LogP) is 1.97. The van der Waals surface area contributed by atoms with E-state index in [2.05, 4.69) is 10.1 Å². The molecule has 0 radical (unpaired) electrons. The molecule has 6 heteroatoms. The van der Waals surface area contributed by atoms with Gasteiger partial charge >= 0.3 is 0 Å². The van der Waals surface area contributed by atoms with Crippen LogP contribution in [0.3, 0.4) is 0 Å². The van der Waals surface area contributed by atoms with E-state index in [0.29, 0.717) is 5.69 Å². The largest absolute Gasteiger partial charge is 0.324 e. The highest BCUT2D eigenvalue weighted by atomic mass is 32.2. The van der Waals surface area contributed by atoms with Crippen LogP contribution in [0, 0.1) is 0 Å². The Morgan fingerprint density at radius 3 is 2.11 bits per heavy atom. The summed E-state index contributed by atoms with van der Waals surface area (Å²) in [6.07, 6.45) is 6.47. The maximum atomic E-state index is 12.2. The van der Waals surface area contributed by atoms with Gasteiger partial charge in [-0.25, -0.2) is 13.1 Å². The van der Waals surface area contributed by atoms with Gasteiger partial charge in [0.15, 0.2) is 0 Å². The number of nitrogens with two attached hydrogens (primary N) is 1. The number of hydrazine groups is 1. The Bertz CT molecular complexity index is 491. The van der Waals surface area contributed by atoms with E-state index >= 15 is 0 Å². The highest BCUT2D eigenvalue weighted by molar-refractivity contribution is 7.89. The van der Waals surface area contributed by atoms with Crippen LogP contribution < -0.4 is 16.0 Å². The maximum absolute atomic E-state index is 12.2. The second-order valence-corrected chi connectivity index (χ2v) is 6.69. The van der Waals surface area contributed by atoms with Crippen molar-refractivity contribution in [1.82, 2.24) is 4.72 Å². The molecule has 0 saturated heterocycles. The van der Waals surface area contributed by atoms with Gasteiger partial charge in [-0.1, -0.05) is 25.7 Å². The van der Waals surface area contributed by atoms with Gasteiger partial charge in [-0.2, -0.15) is 0 Å². The van der Waals surface area contributed by atoms with E-state index in [0.717, 1.165) is 25.7 Å². The fourth-order valence-electron chi connectivity index (χ4n) is 2.41. The van der Waals surface area contributed by atoms with Crippen LogP contribution in [0.4, 0.5) is 5.69 Å². The molecule has 5 nitrogen and oxygen atoms in total. The lowest BCUT2D eigenvalue weighted by atomic mass is 10.1. The summed E-state index contributed by atoms with van der Waals surface area (Å²) in [5.41, 5.74) is 3.17. The molecule has 0 heterocycles. The standard InChI is InChI=1S/C13H21N3O2S/c14-15-11-7-9-13(10-8-11)19(17,18)16-12-5-3-1-2-4-6-12/h7-10,12,15-16H,1-6,14H2. The smallest absolute Gasteiger partial charge is 0.240 e. The predicted molar refractivity (Wildman–Crippen MR) is 76.1 cm³/mol. The van der Waals surface area contributed by atoms with Crippen molar-refractivity contribution in [3.05, 3.63) is 24.3 Å². The molecule has 0 bridgehead atoms. The lowest BCUT2D eigenvalue weighted by Crippen LogP contribution is -2.34. The van der Waals surface area contributed by atoms with Gasteiger partial charge in [0.2, 0.25) is 10.0 Å². The minimum absolute atomic E-state index is 0.0693. The lowest BCUT2D eigenvalue weighted by molar-refractivity contribution is 0.510. The molecule has 2 rings (SSSR count). The van der Waals surface area contributed by atoms with Crippen LogP contribution in [0.1, 0.15) is 38.5 Å². The van der Waals surface area contributed by atoms with E-state index in [4.69, 9.17) is 5.84 Å². The molecule has 1 fully saturated rings. The first kappa shape index (κ1) is 14.3. The Labute approximate surface area is 114 Å². The number of anilines is 1. The Morgan fingerprint density at radius 2 is 1.58 bits per heavy atom. The second kappa shape index (κ2) is 6.36. The summed E-state index contributed by atoms with van der Waals surface area (Å²) in [6.45, 7) is 0. The van der Waals surface area contributed by atoms with Crippen LogP contribution in [0.2, 0.25) is 0 Å². The number of nitrogen functional groups attached to an aromatic ring is 1. The van der Waals surface area contributed by atoms with Crippen LogP contribution in [0.15, 0.2) is 29.2 Å². The van der Waals surface area contributed by atoms with E-state index in [1.165, 1.54) is 12.8 Å². The summed E-state index contributed by atoms with van der Waals surface area (Å²) in [5, 5.41) is 0. The molecule has 0 unspecified atom stereocenters. The van der Waals surface area contributed by atoms with E-state index in [9.17, 15) is 8.42 Å². The van der Waals surface area contributed by atoms with Crippen LogP contribution in [-0.2, 0) is 10.0 Å². The summed E-state index contributed by atoms with van der Waals surface area (Å²) in [7, 11) is -3.42. The summed E-state index contributed by atoms with van der Waals surface area (Å²) >= 11 is 0. The molecule has 1 aliphatic rings. The number of sulfonamides is 1. The Balaban J connectivity index is 2.07. The molecular weight excluding hydrogens is 262 g/mol. The van der Waals surface area contributed by atoms with Gasteiger partial charge < -0.3 is 5.43 Å². The minimum Gasteiger partial charge on any atom is -0.324 e. The van der Waals surface area contributed by atoms with Crippen molar-refractivity contribution < 1.29 is 8.42 Å². The normalized spacial score (nSPS) is 17.9. The van der Waals surface area contributed by atoms with Crippen molar-refractivity contribution in [1.29, 1.82) is 0 Å². The van der Waals surface area contributed by atoms with Gasteiger partial charge in [-0.3, -0.25) is 5.84 Å². The van der Waals surface area contributed by atoms with Gasteiger partial charge in [0.05, 0.1) is 4.90 Å². The van der Waals surface area contributed by atoms with Crippen LogP contribution in [0.5, 0.6) is 0 Å². The fraction of sp³-hybridized carbons (Fsp3) is 0.538. The average molecular weight is 283 g/mol. The quantitative estimate of drug-likeness (QED) is 0.448. The highest BCUT2D eigenvalue weighted by Gasteiger charge is 2.20. The third-order valence-corrected chi connectivity index (χ3v) is 5.04. The first-order chi connectivity index (χ1) is 9.12. The third-order valence-electron chi connectivity index (χ3n) is 3.51. The average Bonchev–Trinajstić information content (AvgIpc) is 2.67. The zero-order valence-electron chi connectivity index (χ0n) is 10.9. The third kappa shape index (κ3) is 3.92. The molecule has 1 aliphatic carbocycles. The minimum atomic E-state index is -3.42. The number of rotatable bonds is 4. The van der Waals surface area contributed by atoms with Crippen molar-refractivity contribution in [3.63, 3.8) is 0 Å². The van der Waals surface area contributed by atoms with Gasteiger partial charge in [0.1, 0.15) is 0 Å². The van der Waals surface area contributed by atoms with Crippen LogP contribution in [0.25, 0.3) is 0 Å². The molecule has 4 N–H and O–H groups in total. The molecule has 0 aliphatic heterocycles. The van der Waals surface area contributed by atoms with Gasteiger partial charge in [0, 0.05) is 11.7 Å². The molecule has 19 heavy (non-hydrogen) atoms. The number of hydrogen-bond donors (Lipinski definition) is 3. The van der Waals surface area contributed by atoms with E-state index in [1.54, 1.807) is 24.3 Å². The highest BCUT2D eigenvalue weighted by Crippen LogP contribution is 2.20. The molecule has 1 aromatic rings. The van der Waals surface area contributed by atoms with Crippen LogP contribution >= 0.6 is 0 Å². The van der Waals surface area contributed by atoms with Crippen molar-refractivity contribution in [2.24, 2.45) is 5.84 Å². The summed E-state index contributed by atoms with van der Waals surface area (Å²) in [5.74, 6) is 5.26. The Kier molecular flexibility index (Phi) is 4.79. The first-order valence-corrected chi connectivity index (χ1v) is 8.19. The Hall–Kier alpha value is -1.11. The fourth-order valence-corrected chi connectivity index (χ4v) is 3.72. The summed E-state index contributed by atoms with van der Waals surface area (Å²) in [4.78, 5) is 0.288. The zero-order chi connectivity index (χ0) is 13.7. The van der Waals surface area contributed by atoms with E-state index in [1.807, 2.05) is 0 Å². The van der Waals surface area contributed by atoms with E-state index in [-0.39, 0.29) is 10.9 Å². The van der Waals surface area contributed by atoms with Gasteiger partial charge in [-0.15, -0.1) is 0 Å². The maximum Gasteiger partial charge on any atom is 0.240 e. The summed E-state index contributed by atoms with van der Waals surface area (Å²) < 4.78 is 27.3. The van der Waals surface area contributed by atoms with Gasteiger partial charge in [0.25, 0.3) is 0 Å². The molecule has 0 aromatic heterocycles. The number of nitrogens with one attached hydrogen (secondary N) is 2. The molecule has 106 valence electrons.